The minimum atomic E-state index is 0.345. The Morgan fingerprint density at radius 3 is 2.53 bits per heavy atom. The molecular formula is C14H18N4S. The van der Waals surface area contributed by atoms with Gasteiger partial charge in [0.2, 0.25) is 5.95 Å². The van der Waals surface area contributed by atoms with Gasteiger partial charge in [0.1, 0.15) is 5.82 Å². The summed E-state index contributed by atoms with van der Waals surface area (Å²) in [5.41, 5.74) is 5.85. The van der Waals surface area contributed by atoms with Crippen LogP contribution in [-0.2, 0) is 0 Å². The van der Waals surface area contributed by atoms with E-state index in [0.717, 1.165) is 16.5 Å². The third-order valence-corrected chi connectivity index (χ3v) is 4.50. The van der Waals surface area contributed by atoms with Crippen molar-refractivity contribution in [2.75, 3.05) is 5.73 Å². The summed E-state index contributed by atoms with van der Waals surface area (Å²) < 4.78 is 0. The van der Waals surface area contributed by atoms with Crippen molar-refractivity contribution in [1.29, 1.82) is 0 Å². The molecule has 5 heteroatoms. The zero-order valence-electron chi connectivity index (χ0n) is 10.9. The van der Waals surface area contributed by atoms with E-state index < -0.39 is 0 Å². The number of thiophene rings is 1. The summed E-state index contributed by atoms with van der Waals surface area (Å²) in [6.07, 6.45) is 7.54. The third kappa shape index (κ3) is 2.92. The second-order valence-corrected chi connectivity index (χ2v) is 5.99. The quantitative estimate of drug-likeness (QED) is 0.849. The molecule has 0 aromatic carbocycles. The van der Waals surface area contributed by atoms with Gasteiger partial charge in [-0.25, -0.2) is 4.98 Å². The summed E-state index contributed by atoms with van der Waals surface area (Å²) in [6.45, 7) is 0. The molecule has 0 spiro atoms. The molecule has 0 atom stereocenters. The Balaban J connectivity index is 1.92. The van der Waals surface area contributed by atoms with Crippen molar-refractivity contribution in [3.05, 3.63) is 23.3 Å². The first-order valence-electron chi connectivity index (χ1n) is 6.88. The molecule has 1 fully saturated rings. The molecule has 2 aromatic rings. The molecule has 1 saturated carbocycles. The second kappa shape index (κ2) is 5.65. The van der Waals surface area contributed by atoms with Gasteiger partial charge in [0.05, 0.1) is 4.88 Å². The Kier molecular flexibility index (Phi) is 3.73. The third-order valence-electron chi connectivity index (χ3n) is 3.63. The number of hydrogen-bond donors (Lipinski definition) is 1. The van der Waals surface area contributed by atoms with E-state index in [1.165, 1.54) is 38.5 Å². The Labute approximate surface area is 117 Å². The molecule has 0 amide bonds. The van der Waals surface area contributed by atoms with Crippen LogP contribution in [0, 0.1) is 0 Å². The van der Waals surface area contributed by atoms with Crippen molar-refractivity contribution in [3.63, 3.8) is 0 Å². The predicted molar refractivity (Wildman–Crippen MR) is 78.0 cm³/mol. The van der Waals surface area contributed by atoms with Crippen molar-refractivity contribution in [1.82, 2.24) is 15.0 Å². The molecule has 0 radical (unpaired) electrons. The standard InChI is InChI=1S/C14H18N4S/c15-14-17-12(10-6-3-1-2-4-7-10)16-13(18-14)11-8-5-9-19-11/h5,8-10H,1-4,6-7H2,(H2,15,16,17,18). The molecule has 0 unspecified atom stereocenters. The Bertz CT molecular complexity index is 530. The van der Waals surface area contributed by atoms with Crippen LogP contribution < -0.4 is 5.73 Å². The van der Waals surface area contributed by atoms with Crippen LogP contribution in [0.4, 0.5) is 5.95 Å². The van der Waals surface area contributed by atoms with E-state index in [9.17, 15) is 0 Å². The number of hydrogen-bond acceptors (Lipinski definition) is 5. The van der Waals surface area contributed by atoms with E-state index in [1.807, 2.05) is 17.5 Å². The first kappa shape index (κ1) is 12.5. The molecule has 19 heavy (non-hydrogen) atoms. The Morgan fingerprint density at radius 1 is 1.05 bits per heavy atom. The van der Waals surface area contributed by atoms with E-state index in [1.54, 1.807) is 11.3 Å². The van der Waals surface area contributed by atoms with Crippen LogP contribution in [0.2, 0.25) is 0 Å². The average Bonchev–Trinajstić information content (AvgIpc) is 2.81. The van der Waals surface area contributed by atoms with Gasteiger partial charge in [0.25, 0.3) is 0 Å². The smallest absolute Gasteiger partial charge is 0.223 e. The molecule has 100 valence electrons. The minimum Gasteiger partial charge on any atom is -0.368 e. The summed E-state index contributed by atoms with van der Waals surface area (Å²) in [5, 5.41) is 2.03. The molecule has 4 nitrogen and oxygen atoms in total. The summed E-state index contributed by atoms with van der Waals surface area (Å²) in [6, 6.07) is 4.03. The monoisotopic (exact) mass is 274 g/mol. The van der Waals surface area contributed by atoms with E-state index in [4.69, 9.17) is 5.73 Å². The number of rotatable bonds is 2. The average molecular weight is 274 g/mol. The van der Waals surface area contributed by atoms with Crippen LogP contribution >= 0.6 is 11.3 Å². The summed E-state index contributed by atoms with van der Waals surface area (Å²) in [7, 11) is 0. The SMILES string of the molecule is Nc1nc(-c2cccs2)nc(C2CCCCCC2)n1. The molecule has 2 aromatic heterocycles. The molecule has 0 bridgehead atoms. The second-order valence-electron chi connectivity index (χ2n) is 5.04. The number of nitrogens with two attached hydrogens (primary N) is 1. The highest BCUT2D eigenvalue weighted by molar-refractivity contribution is 7.13. The fourth-order valence-corrected chi connectivity index (χ4v) is 3.30. The van der Waals surface area contributed by atoms with Crippen LogP contribution in [0.1, 0.15) is 50.3 Å². The highest BCUT2D eigenvalue weighted by atomic mass is 32.1. The van der Waals surface area contributed by atoms with Gasteiger partial charge in [-0.3, -0.25) is 0 Å². The molecule has 2 N–H and O–H groups in total. The predicted octanol–water partition coefficient (Wildman–Crippen LogP) is 3.62. The van der Waals surface area contributed by atoms with Gasteiger partial charge >= 0.3 is 0 Å². The van der Waals surface area contributed by atoms with Crippen molar-refractivity contribution < 1.29 is 0 Å². The van der Waals surface area contributed by atoms with E-state index in [2.05, 4.69) is 15.0 Å². The van der Waals surface area contributed by atoms with Crippen LogP contribution in [0.15, 0.2) is 17.5 Å². The van der Waals surface area contributed by atoms with Gasteiger partial charge < -0.3 is 5.73 Å². The number of aromatic nitrogens is 3. The molecule has 3 rings (SSSR count). The lowest BCUT2D eigenvalue weighted by atomic mass is 9.99. The number of nitrogens with zero attached hydrogens (tertiary/aromatic N) is 3. The van der Waals surface area contributed by atoms with Crippen LogP contribution in [0.25, 0.3) is 10.7 Å². The highest BCUT2D eigenvalue weighted by Gasteiger charge is 2.19. The Morgan fingerprint density at radius 2 is 1.84 bits per heavy atom. The van der Waals surface area contributed by atoms with Gasteiger partial charge in [-0.2, -0.15) is 9.97 Å². The largest absolute Gasteiger partial charge is 0.368 e. The number of nitrogen functional groups attached to an aromatic ring is 1. The number of anilines is 1. The van der Waals surface area contributed by atoms with Crippen LogP contribution in [0.5, 0.6) is 0 Å². The lowest BCUT2D eigenvalue weighted by Crippen LogP contribution is -2.09. The topological polar surface area (TPSA) is 64.7 Å². The lowest BCUT2D eigenvalue weighted by Gasteiger charge is -2.13. The fraction of sp³-hybridized carbons (Fsp3) is 0.500. The van der Waals surface area contributed by atoms with Crippen LogP contribution in [0.3, 0.4) is 0 Å². The minimum absolute atomic E-state index is 0.345. The zero-order valence-corrected chi connectivity index (χ0v) is 11.7. The van der Waals surface area contributed by atoms with Crippen LogP contribution in [-0.4, -0.2) is 15.0 Å². The van der Waals surface area contributed by atoms with E-state index in [0.29, 0.717) is 11.9 Å². The lowest BCUT2D eigenvalue weighted by molar-refractivity contribution is 0.559. The maximum Gasteiger partial charge on any atom is 0.223 e. The normalized spacial score (nSPS) is 17.3. The van der Waals surface area contributed by atoms with Crippen molar-refractivity contribution in [2.45, 2.75) is 44.4 Å². The van der Waals surface area contributed by atoms with Crippen molar-refractivity contribution in [2.24, 2.45) is 0 Å². The van der Waals surface area contributed by atoms with Gasteiger partial charge in [-0.05, 0) is 24.3 Å². The summed E-state index contributed by atoms with van der Waals surface area (Å²) in [4.78, 5) is 14.3. The van der Waals surface area contributed by atoms with Gasteiger partial charge in [-0.1, -0.05) is 31.7 Å². The van der Waals surface area contributed by atoms with E-state index >= 15 is 0 Å². The molecule has 0 aliphatic heterocycles. The molecule has 0 saturated heterocycles. The highest BCUT2D eigenvalue weighted by Crippen LogP contribution is 2.31. The summed E-state index contributed by atoms with van der Waals surface area (Å²) >= 11 is 1.64. The first-order chi connectivity index (χ1) is 9.33. The van der Waals surface area contributed by atoms with Gasteiger partial charge in [0.15, 0.2) is 5.82 Å². The zero-order chi connectivity index (χ0) is 13.1. The maximum atomic E-state index is 5.85. The van der Waals surface area contributed by atoms with Crippen molar-refractivity contribution in [3.8, 4) is 10.7 Å². The maximum absolute atomic E-state index is 5.85. The molecule has 2 heterocycles. The first-order valence-corrected chi connectivity index (χ1v) is 7.76. The molecule has 1 aliphatic carbocycles. The fourth-order valence-electron chi connectivity index (χ4n) is 2.65. The van der Waals surface area contributed by atoms with Crippen molar-refractivity contribution >= 4 is 17.3 Å². The van der Waals surface area contributed by atoms with Gasteiger partial charge in [0, 0.05) is 5.92 Å². The summed E-state index contributed by atoms with van der Waals surface area (Å²) in [5.74, 6) is 2.41. The van der Waals surface area contributed by atoms with Gasteiger partial charge in [-0.15, -0.1) is 11.3 Å². The Hall–Kier alpha value is -1.49. The van der Waals surface area contributed by atoms with E-state index in [-0.39, 0.29) is 0 Å². The molecule has 1 aliphatic rings. The molecular weight excluding hydrogens is 256 g/mol.